The van der Waals surface area contributed by atoms with Gasteiger partial charge in [-0.15, -0.1) is 0 Å². The van der Waals surface area contributed by atoms with Crippen LogP contribution in [0.2, 0.25) is 0 Å². The lowest BCUT2D eigenvalue weighted by atomic mass is 10.1. The van der Waals surface area contributed by atoms with Crippen LogP contribution in [0.4, 0.5) is 5.69 Å². The summed E-state index contributed by atoms with van der Waals surface area (Å²) in [5.41, 5.74) is 2.10. The van der Waals surface area contributed by atoms with Crippen LogP contribution in [0.15, 0.2) is 47.9 Å². The van der Waals surface area contributed by atoms with Gasteiger partial charge in [-0.05, 0) is 49.1 Å². The highest BCUT2D eigenvalue weighted by molar-refractivity contribution is 7.93. The second-order valence-corrected chi connectivity index (χ2v) is 9.03. The number of benzene rings is 2. The number of nitrogens with zero attached hydrogens (tertiary/aromatic N) is 3. The van der Waals surface area contributed by atoms with Gasteiger partial charge in [-0.3, -0.25) is 9.52 Å². The van der Waals surface area contributed by atoms with Crippen molar-refractivity contribution in [2.24, 2.45) is 0 Å². The summed E-state index contributed by atoms with van der Waals surface area (Å²) in [6.45, 7) is 5.09. The average Bonchev–Trinajstić information content (AvgIpc) is 3.22. The minimum absolute atomic E-state index is 0.0316. The third kappa shape index (κ3) is 3.88. The number of nitrogens with one attached hydrogen (secondary N) is 1. The molecule has 0 saturated carbocycles. The molecule has 29 heavy (non-hydrogen) atoms. The van der Waals surface area contributed by atoms with Gasteiger partial charge in [0.1, 0.15) is 15.9 Å². The first-order valence-corrected chi connectivity index (χ1v) is 11.5. The molecule has 1 fully saturated rings. The predicted molar refractivity (Wildman–Crippen MR) is 115 cm³/mol. The Morgan fingerprint density at radius 1 is 1.14 bits per heavy atom. The highest BCUT2D eigenvalue weighted by Gasteiger charge is 2.25. The molecule has 1 aliphatic rings. The highest BCUT2D eigenvalue weighted by atomic mass is 32.2. The summed E-state index contributed by atoms with van der Waals surface area (Å²) in [7, 11) is -3.97. The van der Waals surface area contributed by atoms with Gasteiger partial charge in [0.2, 0.25) is 0 Å². The molecule has 0 atom stereocenters. The van der Waals surface area contributed by atoms with E-state index in [1.165, 1.54) is 6.07 Å². The number of amides is 1. The maximum atomic E-state index is 13.1. The number of likely N-dealkylation sites (tertiary alicyclic amines) is 1. The highest BCUT2D eigenvalue weighted by Crippen LogP contribution is 2.27. The molecule has 0 radical (unpaired) electrons. The number of hydrogen-bond acceptors (Lipinski definition) is 6. The van der Waals surface area contributed by atoms with E-state index in [4.69, 9.17) is 0 Å². The zero-order valence-corrected chi connectivity index (χ0v) is 17.3. The lowest BCUT2D eigenvalue weighted by Crippen LogP contribution is -2.36. The van der Waals surface area contributed by atoms with Crippen LogP contribution in [-0.4, -0.2) is 41.1 Å². The fourth-order valence-corrected chi connectivity index (χ4v) is 5.26. The van der Waals surface area contributed by atoms with Crippen LogP contribution in [0, 0.1) is 0 Å². The van der Waals surface area contributed by atoms with Gasteiger partial charge in [0.05, 0.1) is 23.0 Å². The van der Waals surface area contributed by atoms with Crippen LogP contribution in [0.25, 0.3) is 17.1 Å². The van der Waals surface area contributed by atoms with E-state index in [0.29, 0.717) is 35.2 Å². The van der Waals surface area contributed by atoms with Crippen LogP contribution in [-0.2, 0) is 10.0 Å². The number of fused-ring (bicyclic) bond motifs is 1. The first-order chi connectivity index (χ1) is 14.0. The number of sulfonamides is 1. The first kappa shape index (κ1) is 19.5. The van der Waals surface area contributed by atoms with Crippen molar-refractivity contribution < 1.29 is 13.2 Å². The number of carbonyl (C=O) groups is 1. The molecule has 1 amide bonds. The standard InChI is InChI=1S/C20H20N4O3S2/c1-2-14-9-10-15(20(25)24-11-4-3-5-12-24)17(13-14)23-29(26,27)18-8-6-7-16-19(18)22-28-21-16/h2,6-10,13,23H,1,3-5,11-12H2. The average molecular weight is 429 g/mol. The normalized spacial score (nSPS) is 14.7. The number of carbonyl (C=O) groups excluding carboxylic acids is 1. The number of aromatic nitrogens is 2. The van der Waals surface area contributed by atoms with Gasteiger partial charge < -0.3 is 4.90 Å². The zero-order chi connectivity index (χ0) is 20.4. The van der Waals surface area contributed by atoms with Gasteiger partial charge in [0.15, 0.2) is 0 Å². The molecule has 0 spiro atoms. The third-order valence-electron chi connectivity index (χ3n) is 4.94. The second-order valence-electron chi connectivity index (χ2n) is 6.86. The van der Waals surface area contributed by atoms with Crippen LogP contribution < -0.4 is 4.72 Å². The number of piperidine rings is 1. The first-order valence-electron chi connectivity index (χ1n) is 9.29. The van der Waals surface area contributed by atoms with E-state index < -0.39 is 10.0 Å². The molecule has 3 aromatic rings. The van der Waals surface area contributed by atoms with E-state index in [2.05, 4.69) is 20.0 Å². The summed E-state index contributed by atoms with van der Waals surface area (Å²) < 4.78 is 37.1. The van der Waals surface area contributed by atoms with E-state index in [-0.39, 0.29) is 16.5 Å². The summed E-state index contributed by atoms with van der Waals surface area (Å²) in [5, 5.41) is 0. The largest absolute Gasteiger partial charge is 0.339 e. The van der Waals surface area contributed by atoms with Crippen LogP contribution >= 0.6 is 11.7 Å². The van der Waals surface area contributed by atoms with Gasteiger partial charge in [-0.2, -0.15) is 8.75 Å². The Hall–Kier alpha value is -2.78. The Labute approximate surface area is 173 Å². The molecule has 0 unspecified atom stereocenters. The quantitative estimate of drug-likeness (QED) is 0.668. The maximum absolute atomic E-state index is 13.1. The summed E-state index contributed by atoms with van der Waals surface area (Å²) in [4.78, 5) is 14.9. The van der Waals surface area contributed by atoms with Crippen molar-refractivity contribution in [1.29, 1.82) is 0 Å². The van der Waals surface area contributed by atoms with Gasteiger partial charge in [-0.1, -0.05) is 24.8 Å². The number of anilines is 1. The maximum Gasteiger partial charge on any atom is 0.264 e. The van der Waals surface area contributed by atoms with Crippen molar-refractivity contribution in [3.05, 3.63) is 54.1 Å². The Morgan fingerprint density at radius 3 is 2.69 bits per heavy atom. The summed E-state index contributed by atoms with van der Waals surface area (Å²) in [5.74, 6) is -0.174. The summed E-state index contributed by atoms with van der Waals surface area (Å²) in [6, 6.07) is 9.85. The molecule has 1 aliphatic heterocycles. The molecule has 1 saturated heterocycles. The molecular formula is C20H20N4O3S2. The number of rotatable bonds is 5. The van der Waals surface area contributed by atoms with E-state index in [0.717, 1.165) is 31.0 Å². The van der Waals surface area contributed by atoms with Gasteiger partial charge in [0.25, 0.3) is 15.9 Å². The second kappa shape index (κ2) is 7.92. The molecule has 1 aromatic heterocycles. The van der Waals surface area contributed by atoms with E-state index >= 15 is 0 Å². The summed E-state index contributed by atoms with van der Waals surface area (Å²) >= 11 is 0.956. The smallest absolute Gasteiger partial charge is 0.264 e. The van der Waals surface area contributed by atoms with Crippen molar-refractivity contribution in [2.45, 2.75) is 24.2 Å². The zero-order valence-electron chi connectivity index (χ0n) is 15.7. The Bertz CT molecular complexity index is 1180. The topological polar surface area (TPSA) is 92.3 Å². The van der Waals surface area contributed by atoms with E-state index in [1.807, 2.05) is 0 Å². The van der Waals surface area contributed by atoms with Crippen molar-refractivity contribution in [3.8, 4) is 0 Å². The molecule has 0 aliphatic carbocycles. The van der Waals surface area contributed by atoms with E-state index in [9.17, 15) is 13.2 Å². The fraction of sp³-hybridized carbons (Fsp3) is 0.250. The third-order valence-corrected chi connectivity index (χ3v) is 6.88. The van der Waals surface area contributed by atoms with Gasteiger partial charge in [-0.25, -0.2) is 8.42 Å². The predicted octanol–water partition coefficient (Wildman–Crippen LogP) is 3.76. The van der Waals surface area contributed by atoms with Crippen LogP contribution in [0.3, 0.4) is 0 Å². The number of hydrogen-bond donors (Lipinski definition) is 1. The lowest BCUT2D eigenvalue weighted by molar-refractivity contribution is 0.0725. The van der Waals surface area contributed by atoms with E-state index in [1.54, 1.807) is 41.3 Å². The van der Waals surface area contributed by atoms with Crippen LogP contribution in [0.1, 0.15) is 35.2 Å². The van der Waals surface area contributed by atoms with Gasteiger partial charge in [0, 0.05) is 13.1 Å². The Morgan fingerprint density at radius 2 is 1.93 bits per heavy atom. The molecule has 4 rings (SSSR count). The monoisotopic (exact) mass is 428 g/mol. The minimum Gasteiger partial charge on any atom is -0.339 e. The lowest BCUT2D eigenvalue weighted by Gasteiger charge is -2.27. The Kier molecular flexibility index (Phi) is 5.33. The Balaban J connectivity index is 1.74. The SMILES string of the molecule is C=Cc1ccc(C(=O)N2CCCCC2)c(NS(=O)(=O)c2cccc3nsnc23)c1. The van der Waals surface area contributed by atoms with Crippen molar-refractivity contribution >= 4 is 50.5 Å². The molecule has 0 bridgehead atoms. The van der Waals surface area contributed by atoms with Crippen molar-refractivity contribution in [3.63, 3.8) is 0 Å². The van der Waals surface area contributed by atoms with Crippen molar-refractivity contribution in [1.82, 2.24) is 13.6 Å². The van der Waals surface area contributed by atoms with Gasteiger partial charge >= 0.3 is 0 Å². The molecule has 1 N–H and O–H groups in total. The molecule has 2 heterocycles. The molecular weight excluding hydrogens is 408 g/mol. The summed E-state index contributed by atoms with van der Waals surface area (Å²) in [6.07, 6.45) is 4.62. The van der Waals surface area contributed by atoms with Crippen LogP contribution in [0.5, 0.6) is 0 Å². The molecule has 2 aromatic carbocycles. The van der Waals surface area contributed by atoms with Crippen molar-refractivity contribution in [2.75, 3.05) is 17.8 Å². The molecule has 7 nitrogen and oxygen atoms in total. The fourth-order valence-electron chi connectivity index (χ4n) is 3.43. The molecule has 9 heteroatoms. The minimum atomic E-state index is -3.97. The molecule has 150 valence electrons.